The molecule has 0 saturated carbocycles. The van der Waals surface area contributed by atoms with E-state index < -0.39 is 6.83 Å². The molecule has 1 nitrogen and oxygen atoms in total. The molecule has 0 aliphatic rings. The van der Waals surface area contributed by atoms with Gasteiger partial charge in [0.15, 0.2) is 0 Å². The molecule has 0 spiro atoms. The van der Waals surface area contributed by atoms with Crippen molar-refractivity contribution in [1.29, 1.82) is 0 Å². The van der Waals surface area contributed by atoms with Crippen LogP contribution in [0.25, 0.3) is 20.2 Å². The standard InChI is InChI=1S/C43H59OPS2/c1-4-6-8-10-12-14-16-24-30-37-39-32-33-46-42(39)38(31-25-17-15-13-11-9-7-5-2)40-34-41(47-43(37)40)45(3,44,35-26-20-18-21-27-35)36-28-22-19-23-29-36/h18-23,26-29,32-34,44H,4-17,24-25,30-31H2,1-3H3. The average molecular weight is 687 g/mol. The first-order chi connectivity index (χ1) is 23.0. The van der Waals surface area contributed by atoms with E-state index in [0.717, 1.165) is 28.1 Å². The quantitative estimate of drug-likeness (QED) is 0.0602. The van der Waals surface area contributed by atoms with Crippen molar-refractivity contribution in [3.05, 3.63) is 89.3 Å². The van der Waals surface area contributed by atoms with Crippen molar-refractivity contribution in [2.24, 2.45) is 0 Å². The van der Waals surface area contributed by atoms with Gasteiger partial charge in [-0.3, -0.25) is 0 Å². The molecular formula is C43H59OPS2. The predicted molar refractivity (Wildman–Crippen MR) is 217 cm³/mol. The van der Waals surface area contributed by atoms with Gasteiger partial charge in [0.25, 0.3) is 0 Å². The van der Waals surface area contributed by atoms with Gasteiger partial charge in [0.2, 0.25) is 0 Å². The third-order valence-electron chi connectivity index (χ3n) is 10.5. The van der Waals surface area contributed by atoms with Gasteiger partial charge in [-0.1, -0.05) is 26.7 Å². The molecule has 4 heteroatoms. The fraction of sp³-hybridized carbons (Fsp3) is 0.488. The molecule has 0 fully saturated rings. The van der Waals surface area contributed by atoms with Gasteiger partial charge in [0, 0.05) is 0 Å². The van der Waals surface area contributed by atoms with E-state index in [1.54, 1.807) is 0 Å². The minimum absolute atomic E-state index is 1.05. The first-order valence-corrected chi connectivity index (χ1v) is 23.1. The fourth-order valence-corrected chi connectivity index (χ4v) is 14.4. The van der Waals surface area contributed by atoms with E-state index in [2.05, 4.69) is 98.7 Å². The Hall–Kier alpha value is -2.03. The van der Waals surface area contributed by atoms with Gasteiger partial charge >= 0.3 is 268 Å². The van der Waals surface area contributed by atoms with Gasteiger partial charge in [-0.25, -0.2) is 0 Å². The zero-order valence-corrected chi connectivity index (χ0v) is 32.0. The van der Waals surface area contributed by atoms with Crippen molar-refractivity contribution < 1.29 is 4.89 Å². The van der Waals surface area contributed by atoms with Crippen molar-refractivity contribution in [3.8, 4) is 0 Å². The van der Waals surface area contributed by atoms with Crippen LogP contribution in [0.2, 0.25) is 0 Å². The first-order valence-electron chi connectivity index (χ1n) is 18.8. The van der Waals surface area contributed by atoms with Crippen LogP contribution in [-0.2, 0) is 12.8 Å². The van der Waals surface area contributed by atoms with Gasteiger partial charge in [0.1, 0.15) is 0 Å². The molecule has 3 aromatic carbocycles. The van der Waals surface area contributed by atoms with Crippen LogP contribution in [-0.4, -0.2) is 11.6 Å². The third kappa shape index (κ3) is 8.41. The summed E-state index contributed by atoms with van der Waals surface area (Å²) in [6.45, 7) is 3.09. The van der Waals surface area contributed by atoms with E-state index >= 15 is 0 Å². The number of thiophene rings is 2. The summed E-state index contributed by atoms with van der Waals surface area (Å²) in [5.41, 5.74) is 3.05. The number of rotatable bonds is 21. The molecule has 0 amide bonds. The Morgan fingerprint density at radius 2 is 0.979 bits per heavy atom. The van der Waals surface area contributed by atoms with Crippen LogP contribution in [0.4, 0.5) is 0 Å². The van der Waals surface area contributed by atoms with Crippen molar-refractivity contribution >= 4 is 64.9 Å². The minimum atomic E-state index is -3.68. The van der Waals surface area contributed by atoms with Crippen LogP contribution in [0.1, 0.15) is 128 Å². The van der Waals surface area contributed by atoms with E-state index in [0.29, 0.717) is 0 Å². The molecule has 0 atom stereocenters. The Bertz CT molecular complexity index is 1530. The summed E-state index contributed by atoms with van der Waals surface area (Å²) >= 11 is 3.83. The van der Waals surface area contributed by atoms with E-state index in [4.69, 9.17) is 0 Å². The Balaban J connectivity index is 1.52. The van der Waals surface area contributed by atoms with E-state index in [9.17, 15) is 4.89 Å². The molecule has 0 radical (unpaired) electrons. The summed E-state index contributed by atoms with van der Waals surface area (Å²) in [4.78, 5) is 13.4. The second kappa shape index (κ2) is 17.6. The second-order valence-corrected chi connectivity index (χ2v) is 20.9. The molecule has 254 valence electrons. The van der Waals surface area contributed by atoms with Crippen molar-refractivity contribution in [2.75, 3.05) is 6.66 Å². The third-order valence-corrected chi connectivity index (χ3v) is 18.4. The molecule has 0 saturated heterocycles. The summed E-state index contributed by atoms with van der Waals surface area (Å²) in [7, 11) is 0. The molecule has 1 N–H and O–H groups in total. The van der Waals surface area contributed by atoms with Crippen molar-refractivity contribution in [2.45, 2.75) is 129 Å². The van der Waals surface area contributed by atoms with Crippen LogP contribution in [0.3, 0.4) is 0 Å². The molecule has 0 bridgehead atoms. The van der Waals surface area contributed by atoms with Gasteiger partial charge < -0.3 is 0 Å². The maximum atomic E-state index is 13.4. The molecule has 0 unspecified atom stereocenters. The Morgan fingerprint density at radius 1 is 0.532 bits per heavy atom. The Labute approximate surface area is 293 Å². The molecule has 47 heavy (non-hydrogen) atoms. The number of hydrogen-bond donors (Lipinski definition) is 1. The number of benzene rings is 3. The Morgan fingerprint density at radius 3 is 1.47 bits per heavy atom. The van der Waals surface area contributed by atoms with Crippen LogP contribution in [0, 0.1) is 0 Å². The summed E-state index contributed by atoms with van der Waals surface area (Å²) in [6, 6.07) is 25.9. The second-order valence-electron chi connectivity index (χ2n) is 14.1. The topological polar surface area (TPSA) is 20.2 Å². The monoisotopic (exact) mass is 686 g/mol. The van der Waals surface area contributed by atoms with Crippen LogP contribution in [0.5, 0.6) is 0 Å². The van der Waals surface area contributed by atoms with Gasteiger partial charge in [0.05, 0.1) is 0 Å². The fourth-order valence-electron chi connectivity index (χ4n) is 7.48. The number of unbranched alkanes of at least 4 members (excludes halogenated alkanes) is 14. The summed E-state index contributed by atoms with van der Waals surface area (Å²) in [5, 5.41) is 7.31. The summed E-state index contributed by atoms with van der Waals surface area (Å²) in [6.07, 6.45) is 23.7. The maximum absolute atomic E-state index is 13.4. The molecule has 2 aromatic heterocycles. The number of aryl methyl sites for hydroxylation is 2. The summed E-state index contributed by atoms with van der Waals surface area (Å²) < 4.78 is 4.07. The molecule has 5 rings (SSSR count). The molecule has 0 aliphatic carbocycles. The molecule has 0 aliphatic heterocycles. The average Bonchev–Trinajstić information content (AvgIpc) is 3.78. The van der Waals surface area contributed by atoms with Crippen LogP contribution >= 0.6 is 29.5 Å². The van der Waals surface area contributed by atoms with Crippen molar-refractivity contribution in [1.82, 2.24) is 0 Å². The number of hydrogen-bond acceptors (Lipinski definition) is 3. The van der Waals surface area contributed by atoms with E-state index in [1.165, 1.54) is 134 Å². The zero-order valence-electron chi connectivity index (χ0n) is 29.4. The van der Waals surface area contributed by atoms with E-state index in [1.807, 2.05) is 22.7 Å². The van der Waals surface area contributed by atoms with Gasteiger partial charge in [-0.2, -0.15) is 0 Å². The zero-order chi connectivity index (χ0) is 33.0. The van der Waals surface area contributed by atoms with Crippen LogP contribution < -0.4 is 15.2 Å². The molecule has 5 aromatic rings. The van der Waals surface area contributed by atoms with Crippen LogP contribution in [0.15, 0.2) is 78.2 Å². The Kier molecular flexibility index (Phi) is 13.6. The SMILES string of the molecule is CCCCCCCCCCc1c2cc(P(C)(O)(c3ccccc3)c3ccccc3)sc2c(CCCCCCCCCC)c2ccsc12. The normalized spacial score (nSPS) is 13.0. The van der Waals surface area contributed by atoms with Gasteiger partial charge in [-0.05, 0) is 0 Å². The van der Waals surface area contributed by atoms with Gasteiger partial charge in [-0.15, -0.1) is 0 Å². The predicted octanol–water partition coefficient (Wildman–Crippen LogP) is 12.8. The summed E-state index contributed by atoms with van der Waals surface area (Å²) in [5.74, 6) is 0. The molecular weight excluding hydrogens is 628 g/mol. The number of fused-ring (bicyclic) bond motifs is 2. The molecule has 2 heterocycles. The van der Waals surface area contributed by atoms with Crippen molar-refractivity contribution in [3.63, 3.8) is 0 Å². The van der Waals surface area contributed by atoms with E-state index in [-0.39, 0.29) is 0 Å². The first kappa shape index (κ1) is 36.3.